The van der Waals surface area contributed by atoms with E-state index in [1.165, 1.54) is 0 Å². The van der Waals surface area contributed by atoms with E-state index in [9.17, 15) is 4.79 Å². The van der Waals surface area contributed by atoms with Crippen LogP contribution in [-0.4, -0.2) is 11.6 Å². The summed E-state index contributed by atoms with van der Waals surface area (Å²) in [6.07, 6.45) is 0. The summed E-state index contributed by atoms with van der Waals surface area (Å²) < 4.78 is 5.77. The molecule has 6 heteroatoms. The third kappa shape index (κ3) is 5.59. The number of hydrogen-bond acceptors (Lipinski definition) is 4. The highest BCUT2D eigenvalue weighted by atomic mass is 35.5. The predicted molar refractivity (Wildman–Crippen MR) is 117 cm³/mol. The number of amides is 1. The van der Waals surface area contributed by atoms with Crippen LogP contribution in [-0.2, 0) is 6.61 Å². The molecule has 0 atom stereocenters. The maximum atomic E-state index is 12.3. The minimum absolute atomic E-state index is 0.283. The van der Waals surface area contributed by atoms with Crippen molar-refractivity contribution in [2.24, 2.45) is 5.10 Å². The summed E-state index contributed by atoms with van der Waals surface area (Å²) in [5, 5.41) is 4.86. The van der Waals surface area contributed by atoms with E-state index >= 15 is 0 Å². The van der Waals surface area contributed by atoms with Gasteiger partial charge in [0.15, 0.2) is 0 Å². The summed E-state index contributed by atoms with van der Waals surface area (Å²) in [5.41, 5.74) is 13.0. The van der Waals surface area contributed by atoms with Gasteiger partial charge < -0.3 is 10.5 Å². The summed E-state index contributed by atoms with van der Waals surface area (Å²) in [6, 6.07) is 20.1. The number of carbonyl (C=O) groups excluding carboxylic acids is 1. The number of rotatable bonds is 6. The minimum atomic E-state index is -0.283. The number of carbonyl (C=O) groups is 1. The van der Waals surface area contributed by atoms with Crippen LogP contribution in [0.25, 0.3) is 0 Å². The maximum absolute atomic E-state index is 12.3. The van der Waals surface area contributed by atoms with Crippen molar-refractivity contribution in [3.05, 3.63) is 94.0 Å². The Bertz CT molecular complexity index is 1050. The summed E-state index contributed by atoms with van der Waals surface area (Å²) in [6.45, 7) is 4.14. The fraction of sp³-hybridized carbons (Fsp3) is 0.130. The molecule has 0 saturated heterocycles. The first-order valence-corrected chi connectivity index (χ1v) is 9.48. The zero-order chi connectivity index (χ0) is 20.8. The normalized spacial score (nSPS) is 11.2. The smallest absolute Gasteiger partial charge is 0.271 e. The highest BCUT2D eigenvalue weighted by Gasteiger charge is 2.06. The molecule has 0 radical (unpaired) electrons. The molecular formula is C23H22ClN3O2. The molecular weight excluding hydrogens is 386 g/mol. The van der Waals surface area contributed by atoms with E-state index in [0.29, 0.717) is 28.6 Å². The van der Waals surface area contributed by atoms with Gasteiger partial charge in [-0.1, -0.05) is 35.9 Å². The number of nitrogen functional groups attached to an aromatic ring is 1. The first kappa shape index (κ1) is 20.4. The Hall–Kier alpha value is -3.31. The second-order valence-corrected chi connectivity index (χ2v) is 7.07. The monoisotopic (exact) mass is 407 g/mol. The van der Waals surface area contributed by atoms with Crippen molar-refractivity contribution in [2.75, 3.05) is 5.73 Å². The number of halogens is 1. The molecule has 0 aromatic heterocycles. The molecule has 3 N–H and O–H groups in total. The van der Waals surface area contributed by atoms with Gasteiger partial charge in [0.1, 0.15) is 12.4 Å². The number of nitrogens with one attached hydrogen (secondary N) is 1. The highest BCUT2D eigenvalue weighted by molar-refractivity contribution is 6.31. The molecule has 3 rings (SSSR count). The lowest BCUT2D eigenvalue weighted by Crippen LogP contribution is -2.19. The Kier molecular flexibility index (Phi) is 6.52. The zero-order valence-corrected chi connectivity index (χ0v) is 17.0. The second kappa shape index (κ2) is 9.26. The van der Waals surface area contributed by atoms with E-state index in [1.807, 2.05) is 62.4 Å². The third-order valence-corrected chi connectivity index (χ3v) is 4.80. The molecule has 29 heavy (non-hydrogen) atoms. The average Bonchev–Trinajstić information content (AvgIpc) is 2.73. The van der Waals surface area contributed by atoms with Gasteiger partial charge in [-0.25, -0.2) is 5.43 Å². The lowest BCUT2D eigenvalue weighted by Gasteiger charge is -2.08. The van der Waals surface area contributed by atoms with E-state index in [2.05, 4.69) is 10.5 Å². The van der Waals surface area contributed by atoms with Crippen molar-refractivity contribution in [1.82, 2.24) is 5.43 Å². The molecule has 0 heterocycles. The Balaban J connectivity index is 1.58. The Morgan fingerprint density at radius 3 is 2.52 bits per heavy atom. The van der Waals surface area contributed by atoms with Gasteiger partial charge in [-0.05, 0) is 73.0 Å². The largest absolute Gasteiger partial charge is 0.489 e. The lowest BCUT2D eigenvalue weighted by molar-refractivity contribution is 0.0955. The number of hydrazone groups is 1. The number of nitrogens with two attached hydrogens (primary N) is 1. The molecule has 0 unspecified atom stereocenters. The molecule has 0 bridgehead atoms. The quantitative estimate of drug-likeness (QED) is 0.344. The van der Waals surface area contributed by atoms with Gasteiger partial charge in [-0.2, -0.15) is 5.10 Å². The number of anilines is 1. The van der Waals surface area contributed by atoms with Gasteiger partial charge >= 0.3 is 0 Å². The van der Waals surface area contributed by atoms with E-state index in [0.717, 1.165) is 22.4 Å². The topological polar surface area (TPSA) is 76.7 Å². The number of hydrogen-bond donors (Lipinski definition) is 2. The molecule has 3 aromatic carbocycles. The molecule has 0 fully saturated rings. The second-order valence-electron chi connectivity index (χ2n) is 6.66. The van der Waals surface area contributed by atoms with Crippen LogP contribution in [0, 0.1) is 6.92 Å². The average molecular weight is 408 g/mol. The first-order chi connectivity index (χ1) is 13.9. The summed E-state index contributed by atoms with van der Waals surface area (Å²) >= 11 is 6.02. The number of aryl methyl sites for hydroxylation is 1. The molecule has 0 spiro atoms. The van der Waals surface area contributed by atoms with Crippen LogP contribution in [0.1, 0.15) is 34.0 Å². The zero-order valence-electron chi connectivity index (χ0n) is 16.3. The van der Waals surface area contributed by atoms with Gasteiger partial charge in [-0.15, -0.1) is 0 Å². The standard InChI is InChI=1S/C23H22ClN3O2/c1-15-12-21(10-11-22(15)24)29-14-17-6-8-18(9-7-17)23(28)27-26-16(2)19-4-3-5-20(25)13-19/h3-13H,14,25H2,1-2H3,(H,27,28)/b26-16-. The van der Waals surface area contributed by atoms with Crippen LogP contribution < -0.4 is 15.9 Å². The van der Waals surface area contributed by atoms with Crippen molar-refractivity contribution in [3.63, 3.8) is 0 Å². The van der Waals surface area contributed by atoms with Gasteiger partial charge in [0, 0.05) is 16.3 Å². The van der Waals surface area contributed by atoms with E-state index in [-0.39, 0.29) is 5.91 Å². The van der Waals surface area contributed by atoms with Gasteiger partial charge in [0.2, 0.25) is 0 Å². The SMILES string of the molecule is C/C(=N/NC(=O)c1ccc(COc2ccc(Cl)c(C)c2)cc1)c1cccc(N)c1. The number of benzene rings is 3. The summed E-state index contributed by atoms with van der Waals surface area (Å²) in [5.74, 6) is 0.467. The fourth-order valence-corrected chi connectivity index (χ4v) is 2.77. The number of ether oxygens (including phenoxy) is 1. The van der Waals surface area contributed by atoms with Crippen molar-refractivity contribution < 1.29 is 9.53 Å². The van der Waals surface area contributed by atoms with Crippen LogP contribution in [0.4, 0.5) is 5.69 Å². The van der Waals surface area contributed by atoms with Crippen LogP contribution in [0.5, 0.6) is 5.75 Å². The van der Waals surface area contributed by atoms with Crippen molar-refractivity contribution in [3.8, 4) is 5.75 Å². The molecule has 0 saturated carbocycles. The molecule has 3 aromatic rings. The maximum Gasteiger partial charge on any atom is 0.271 e. The van der Waals surface area contributed by atoms with E-state index < -0.39 is 0 Å². The van der Waals surface area contributed by atoms with E-state index in [1.54, 1.807) is 18.2 Å². The molecule has 0 aliphatic heterocycles. The van der Waals surface area contributed by atoms with Crippen LogP contribution in [0.15, 0.2) is 71.8 Å². The summed E-state index contributed by atoms with van der Waals surface area (Å²) in [7, 11) is 0. The minimum Gasteiger partial charge on any atom is -0.489 e. The lowest BCUT2D eigenvalue weighted by atomic mass is 10.1. The van der Waals surface area contributed by atoms with Gasteiger partial charge in [0.05, 0.1) is 5.71 Å². The van der Waals surface area contributed by atoms with E-state index in [4.69, 9.17) is 22.1 Å². The fourth-order valence-electron chi connectivity index (χ4n) is 2.65. The number of nitrogens with zero attached hydrogens (tertiary/aromatic N) is 1. The van der Waals surface area contributed by atoms with Crippen LogP contribution in [0.3, 0.4) is 0 Å². The Morgan fingerprint density at radius 1 is 1.07 bits per heavy atom. The van der Waals surface area contributed by atoms with Crippen LogP contribution >= 0.6 is 11.6 Å². The van der Waals surface area contributed by atoms with Crippen molar-refractivity contribution in [2.45, 2.75) is 20.5 Å². The van der Waals surface area contributed by atoms with Gasteiger partial charge in [0.25, 0.3) is 5.91 Å². The molecule has 148 valence electrons. The first-order valence-electron chi connectivity index (χ1n) is 9.11. The van der Waals surface area contributed by atoms with Gasteiger partial charge in [-0.3, -0.25) is 4.79 Å². The Morgan fingerprint density at radius 2 is 1.83 bits per heavy atom. The highest BCUT2D eigenvalue weighted by Crippen LogP contribution is 2.22. The van der Waals surface area contributed by atoms with Crippen molar-refractivity contribution >= 4 is 28.9 Å². The van der Waals surface area contributed by atoms with Crippen LogP contribution in [0.2, 0.25) is 5.02 Å². The third-order valence-electron chi connectivity index (χ3n) is 4.38. The molecule has 1 amide bonds. The summed E-state index contributed by atoms with van der Waals surface area (Å²) in [4.78, 5) is 12.3. The molecule has 0 aliphatic carbocycles. The van der Waals surface area contributed by atoms with Crippen molar-refractivity contribution in [1.29, 1.82) is 0 Å². The molecule has 0 aliphatic rings. The Labute approximate surface area is 175 Å². The molecule has 5 nitrogen and oxygen atoms in total. The predicted octanol–water partition coefficient (Wildman–Crippen LogP) is 4.96.